The van der Waals surface area contributed by atoms with E-state index in [0.29, 0.717) is 5.11 Å². The molecule has 0 spiro atoms. The van der Waals surface area contributed by atoms with E-state index in [1.807, 2.05) is 24.3 Å². The van der Waals surface area contributed by atoms with E-state index in [9.17, 15) is 0 Å². The molecule has 0 saturated carbocycles. The van der Waals surface area contributed by atoms with Crippen molar-refractivity contribution in [2.24, 2.45) is 0 Å². The molecule has 0 bridgehead atoms. The minimum atomic E-state index is 0.680. The van der Waals surface area contributed by atoms with E-state index in [1.54, 1.807) is 9.80 Å². The van der Waals surface area contributed by atoms with Crippen LogP contribution in [0.1, 0.15) is 19.8 Å². The minimum Gasteiger partial charge on any atom is -0.362 e. The maximum Gasteiger partial charge on any atom is 0.170 e. The van der Waals surface area contributed by atoms with Crippen molar-refractivity contribution in [3.8, 4) is 0 Å². The Morgan fingerprint density at radius 2 is 1.70 bits per heavy atom. The first-order valence-electron chi connectivity index (χ1n) is 8.65. The molecule has 1 aromatic rings. The average Bonchev–Trinajstić information content (AvgIpc) is 2.55. The highest BCUT2D eigenvalue weighted by Gasteiger charge is 2.21. The van der Waals surface area contributed by atoms with Gasteiger partial charge in [-0.1, -0.05) is 18.5 Å². The first-order valence-corrected chi connectivity index (χ1v) is 9.43. The summed E-state index contributed by atoms with van der Waals surface area (Å²) in [5, 5.41) is 7.88. The van der Waals surface area contributed by atoms with E-state index in [0.717, 1.165) is 23.7 Å². The van der Waals surface area contributed by atoms with Crippen LogP contribution in [-0.4, -0.2) is 50.9 Å². The fourth-order valence-electron chi connectivity index (χ4n) is 3.06. The van der Waals surface area contributed by atoms with Crippen molar-refractivity contribution in [1.29, 1.82) is 0 Å². The van der Waals surface area contributed by atoms with Crippen LogP contribution in [0.4, 0.5) is 5.69 Å². The Hall–Kier alpha value is -0.880. The van der Waals surface area contributed by atoms with Crippen LogP contribution in [0.25, 0.3) is 0 Å². The van der Waals surface area contributed by atoms with Gasteiger partial charge in [-0.05, 0) is 42.9 Å². The lowest BCUT2D eigenvalue weighted by atomic mass is 10.2. The molecular formula is C17H29ClN4S+2. The van der Waals surface area contributed by atoms with Crippen molar-refractivity contribution in [3.63, 3.8) is 0 Å². The third-order valence-corrected chi connectivity index (χ3v) is 4.86. The monoisotopic (exact) mass is 356 g/mol. The molecule has 0 unspecified atom stereocenters. The predicted molar refractivity (Wildman–Crippen MR) is 102 cm³/mol. The molecule has 0 amide bonds. The summed E-state index contributed by atoms with van der Waals surface area (Å²) < 4.78 is 0. The molecule has 1 fully saturated rings. The van der Waals surface area contributed by atoms with Crippen LogP contribution in [0.5, 0.6) is 0 Å². The number of hydrogen-bond acceptors (Lipinski definition) is 1. The van der Waals surface area contributed by atoms with Gasteiger partial charge in [0.1, 0.15) is 26.2 Å². The lowest BCUT2D eigenvalue weighted by molar-refractivity contribution is -1.01. The second-order valence-corrected chi connectivity index (χ2v) is 7.09. The predicted octanol–water partition coefficient (Wildman–Crippen LogP) is 0.210. The van der Waals surface area contributed by atoms with Gasteiger partial charge in [0.05, 0.1) is 13.1 Å². The Morgan fingerprint density at radius 1 is 1.09 bits per heavy atom. The van der Waals surface area contributed by atoms with E-state index in [-0.39, 0.29) is 0 Å². The number of nitrogens with one attached hydrogen (secondary N) is 4. The third-order valence-electron chi connectivity index (χ3n) is 4.36. The molecule has 0 aromatic heterocycles. The van der Waals surface area contributed by atoms with E-state index in [2.05, 4.69) is 17.6 Å². The van der Waals surface area contributed by atoms with Crippen LogP contribution in [0.2, 0.25) is 5.02 Å². The molecule has 1 aliphatic heterocycles. The summed E-state index contributed by atoms with van der Waals surface area (Å²) >= 11 is 11.2. The summed E-state index contributed by atoms with van der Waals surface area (Å²) in [5.74, 6) is 0. The summed E-state index contributed by atoms with van der Waals surface area (Å²) in [5.41, 5.74) is 0.965. The van der Waals surface area contributed by atoms with Crippen LogP contribution in [0, 0.1) is 0 Å². The molecule has 2 rings (SSSR count). The van der Waals surface area contributed by atoms with Crippen LogP contribution < -0.4 is 20.4 Å². The van der Waals surface area contributed by atoms with Crippen molar-refractivity contribution >= 4 is 34.6 Å². The molecule has 1 aliphatic rings. The van der Waals surface area contributed by atoms with Gasteiger partial charge in [0.15, 0.2) is 5.11 Å². The van der Waals surface area contributed by atoms with Crippen LogP contribution in [-0.2, 0) is 0 Å². The second-order valence-electron chi connectivity index (χ2n) is 6.24. The first-order chi connectivity index (χ1) is 11.2. The fourth-order valence-corrected chi connectivity index (χ4v) is 3.41. The number of benzene rings is 1. The first kappa shape index (κ1) is 18.5. The van der Waals surface area contributed by atoms with Crippen molar-refractivity contribution in [2.75, 3.05) is 51.1 Å². The number of halogens is 1. The highest BCUT2D eigenvalue weighted by molar-refractivity contribution is 7.80. The Morgan fingerprint density at radius 3 is 2.30 bits per heavy atom. The van der Waals surface area contributed by atoms with Crippen molar-refractivity contribution in [3.05, 3.63) is 29.3 Å². The van der Waals surface area contributed by atoms with Crippen LogP contribution in [0.15, 0.2) is 24.3 Å². The zero-order valence-corrected chi connectivity index (χ0v) is 15.5. The van der Waals surface area contributed by atoms with Gasteiger partial charge in [-0.2, -0.15) is 0 Å². The Kier molecular flexibility index (Phi) is 8.09. The van der Waals surface area contributed by atoms with Gasteiger partial charge in [0.2, 0.25) is 0 Å². The quantitative estimate of drug-likeness (QED) is 0.416. The van der Waals surface area contributed by atoms with Gasteiger partial charge in [0.25, 0.3) is 0 Å². The van der Waals surface area contributed by atoms with E-state index in [1.165, 1.54) is 45.7 Å². The second kappa shape index (κ2) is 10.1. The summed E-state index contributed by atoms with van der Waals surface area (Å²) in [6.45, 7) is 11.0. The van der Waals surface area contributed by atoms with Crippen LogP contribution >= 0.6 is 23.8 Å². The maximum atomic E-state index is 5.87. The van der Waals surface area contributed by atoms with Gasteiger partial charge in [-0.25, -0.2) is 0 Å². The molecule has 0 atom stereocenters. The molecule has 128 valence electrons. The highest BCUT2D eigenvalue weighted by atomic mass is 35.5. The van der Waals surface area contributed by atoms with Gasteiger partial charge < -0.3 is 20.4 Å². The largest absolute Gasteiger partial charge is 0.362 e. The molecule has 0 radical (unpaired) electrons. The molecule has 0 aliphatic carbocycles. The molecule has 1 heterocycles. The molecule has 6 heteroatoms. The SMILES string of the molecule is CCC[NH+]1CC[NH+](CCCNC(=S)Nc2ccc(Cl)cc2)CC1. The topological polar surface area (TPSA) is 32.9 Å². The van der Waals surface area contributed by atoms with Crippen molar-refractivity contribution in [2.45, 2.75) is 19.8 Å². The molecule has 1 saturated heterocycles. The van der Waals surface area contributed by atoms with Gasteiger partial charge in [-0.15, -0.1) is 0 Å². The number of anilines is 1. The van der Waals surface area contributed by atoms with E-state index in [4.69, 9.17) is 23.8 Å². The molecule has 1 aromatic carbocycles. The zero-order chi connectivity index (χ0) is 16.5. The summed E-state index contributed by atoms with van der Waals surface area (Å²) in [4.78, 5) is 3.52. The van der Waals surface area contributed by atoms with E-state index < -0.39 is 0 Å². The van der Waals surface area contributed by atoms with Gasteiger partial charge >= 0.3 is 0 Å². The number of thiocarbonyl (C=S) groups is 1. The Bertz CT molecular complexity index is 472. The lowest BCUT2D eigenvalue weighted by Gasteiger charge is -2.29. The molecule has 4 nitrogen and oxygen atoms in total. The highest BCUT2D eigenvalue weighted by Crippen LogP contribution is 2.12. The van der Waals surface area contributed by atoms with Crippen molar-refractivity contribution < 1.29 is 9.80 Å². The normalized spacial score (nSPS) is 21.0. The van der Waals surface area contributed by atoms with Crippen molar-refractivity contribution in [1.82, 2.24) is 5.32 Å². The molecule has 4 N–H and O–H groups in total. The zero-order valence-electron chi connectivity index (χ0n) is 14.0. The number of piperazine rings is 1. The average molecular weight is 357 g/mol. The number of quaternary nitrogens is 2. The molecule has 23 heavy (non-hydrogen) atoms. The Labute approximate surface area is 150 Å². The smallest absolute Gasteiger partial charge is 0.170 e. The Balaban J connectivity index is 1.55. The standard InChI is InChI=1S/C17H27ClN4S/c1-2-9-21-11-13-22(14-12-21)10-3-8-19-17(23)20-16-6-4-15(18)5-7-16/h4-7H,2-3,8-14H2,1H3,(H2,19,20,23)/p+2. The van der Waals surface area contributed by atoms with Crippen LogP contribution in [0.3, 0.4) is 0 Å². The third kappa shape index (κ3) is 7.04. The summed E-state index contributed by atoms with van der Waals surface area (Å²) in [7, 11) is 0. The molecular weight excluding hydrogens is 328 g/mol. The summed E-state index contributed by atoms with van der Waals surface area (Å²) in [6.07, 6.45) is 2.45. The maximum absolute atomic E-state index is 5.87. The van der Waals surface area contributed by atoms with Gasteiger partial charge in [-0.3, -0.25) is 0 Å². The van der Waals surface area contributed by atoms with E-state index >= 15 is 0 Å². The minimum absolute atomic E-state index is 0.680. The van der Waals surface area contributed by atoms with Gasteiger partial charge in [0, 0.05) is 23.7 Å². The lowest BCUT2D eigenvalue weighted by Crippen LogP contribution is -3.28. The fraction of sp³-hybridized carbons (Fsp3) is 0.588. The number of hydrogen-bond donors (Lipinski definition) is 4. The number of rotatable bonds is 7. The summed E-state index contributed by atoms with van der Waals surface area (Å²) in [6, 6.07) is 7.57.